The zero-order valence-corrected chi connectivity index (χ0v) is 9.79. The number of hydrogen-bond donors (Lipinski definition) is 1. The predicted molar refractivity (Wildman–Crippen MR) is 63.5 cm³/mol. The van der Waals surface area contributed by atoms with Crippen LogP contribution in [-0.4, -0.2) is 19.3 Å². The van der Waals surface area contributed by atoms with Gasteiger partial charge in [0.05, 0.1) is 0 Å². The van der Waals surface area contributed by atoms with Crippen LogP contribution in [0.15, 0.2) is 23.1 Å². The van der Waals surface area contributed by atoms with Crippen LogP contribution in [0.4, 0.5) is 0 Å². The van der Waals surface area contributed by atoms with Crippen LogP contribution in [0.5, 0.6) is 0 Å². The third-order valence-electron chi connectivity index (χ3n) is 2.70. The van der Waals surface area contributed by atoms with Gasteiger partial charge in [0.1, 0.15) is 0 Å². The highest BCUT2D eigenvalue weighted by molar-refractivity contribution is 7.98. The third-order valence-corrected chi connectivity index (χ3v) is 3.83. The minimum atomic E-state index is 0.603. The van der Waals surface area contributed by atoms with Gasteiger partial charge < -0.3 is 5.32 Å². The van der Waals surface area contributed by atoms with Crippen LogP contribution in [0.25, 0.3) is 0 Å². The molecule has 0 amide bonds. The number of halogens is 1. The summed E-state index contributed by atoms with van der Waals surface area (Å²) in [5.41, 5.74) is 1.34. The molecule has 1 unspecified atom stereocenters. The minimum Gasteiger partial charge on any atom is -0.316 e. The van der Waals surface area contributed by atoms with E-state index in [1.807, 2.05) is 12.1 Å². The molecule has 0 bridgehead atoms. The van der Waals surface area contributed by atoms with E-state index in [1.165, 1.54) is 16.9 Å². The van der Waals surface area contributed by atoms with Crippen molar-refractivity contribution in [3.8, 4) is 0 Å². The van der Waals surface area contributed by atoms with E-state index in [1.54, 1.807) is 11.8 Å². The maximum absolute atomic E-state index is 6.25. The van der Waals surface area contributed by atoms with E-state index in [0.717, 1.165) is 18.1 Å². The molecule has 1 aromatic carbocycles. The Morgan fingerprint density at radius 3 is 3.00 bits per heavy atom. The second kappa shape index (κ2) is 4.56. The number of thioether (sulfide) groups is 1. The molecule has 1 N–H and O–H groups in total. The van der Waals surface area contributed by atoms with E-state index in [0.29, 0.717) is 5.92 Å². The fourth-order valence-electron chi connectivity index (χ4n) is 1.99. The monoisotopic (exact) mass is 227 g/mol. The molecule has 0 saturated carbocycles. The van der Waals surface area contributed by atoms with Crippen molar-refractivity contribution in [1.82, 2.24) is 5.32 Å². The Morgan fingerprint density at radius 1 is 1.50 bits per heavy atom. The summed E-state index contributed by atoms with van der Waals surface area (Å²) in [5, 5.41) is 4.30. The van der Waals surface area contributed by atoms with Crippen molar-refractivity contribution in [1.29, 1.82) is 0 Å². The van der Waals surface area contributed by atoms with Crippen molar-refractivity contribution >= 4 is 23.4 Å². The van der Waals surface area contributed by atoms with Gasteiger partial charge >= 0.3 is 0 Å². The highest BCUT2D eigenvalue weighted by Gasteiger charge is 2.21. The molecule has 0 aliphatic carbocycles. The van der Waals surface area contributed by atoms with Gasteiger partial charge in [-0.1, -0.05) is 17.7 Å². The van der Waals surface area contributed by atoms with Gasteiger partial charge in [-0.25, -0.2) is 0 Å². The standard InChI is InChI=1S/C11H14ClNS/c1-14-10-4-2-3-9(12)11(10)8-5-6-13-7-8/h2-4,8,13H,5-7H2,1H3. The van der Waals surface area contributed by atoms with Gasteiger partial charge in [0.15, 0.2) is 0 Å². The zero-order valence-electron chi connectivity index (χ0n) is 8.22. The van der Waals surface area contributed by atoms with Crippen molar-refractivity contribution in [2.45, 2.75) is 17.2 Å². The summed E-state index contributed by atoms with van der Waals surface area (Å²) in [6.07, 6.45) is 3.31. The van der Waals surface area contributed by atoms with Gasteiger partial charge in [-0.3, -0.25) is 0 Å². The SMILES string of the molecule is CSc1cccc(Cl)c1C1CCNC1. The Morgan fingerprint density at radius 2 is 2.36 bits per heavy atom. The fourth-order valence-corrected chi connectivity index (χ4v) is 3.09. The molecule has 1 aromatic rings. The van der Waals surface area contributed by atoms with Gasteiger partial charge in [0.2, 0.25) is 0 Å². The molecule has 1 heterocycles. The second-order valence-corrected chi connectivity index (χ2v) is 4.80. The van der Waals surface area contributed by atoms with Crippen molar-refractivity contribution in [2.75, 3.05) is 19.3 Å². The summed E-state index contributed by atoms with van der Waals surface area (Å²) in [6.45, 7) is 2.18. The van der Waals surface area contributed by atoms with Crippen molar-refractivity contribution in [2.24, 2.45) is 0 Å². The molecule has 76 valence electrons. The lowest BCUT2D eigenvalue weighted by atomic mass is 9.98. The molecule has 1 aliphatic heterocycles. The van der Waals surface area contributed by atoms with Crippen LogP contribution in [0.2, 0.25) is 5.02 Å². The Hall–Kier alpha value is -0.180. The van der Waals surface area contributed by atoms with Crippen molar-refractivity contribution in [3.63, 3.8) is 0 Å². The molecule has 2 rings (SSSR count). The summed E-state index contributed by atoms with van der Waals surface area (Å²) < 4.78 is 0. The summed E-state index contributed by atoms with van der Waals surface area (Å²) in [5.74, 6) is 0.603. The Labute approximate surface area is 94.2 Å². The van der Waals surface area contributed by atoms with Gasteiger partial charge in [-0.15, -0.1) is 11.8 Å². The summed E-state index contributed by atoms with van der Waals surface area (Å²) in [6, 6.07) is 6.18. The zero-order chi connectivity index (χ0) is 9.97. The number of nitrogens with one attached hydrogen (secondary N) is 1. The van der Waals surface area contributed by atoms with Gasteiger partial charge in [0, 0.05) is 22.4 Å². The molecular weight excluding hydrogens is 214 g/mol. The first-order valence-corrected chi connectivity index (χ1v) is 6.46. The Kier molecular flexibility index (Phi) is 3.37. The van der Waals surface area contributed by atoms with E-state index >= 15 is 0 Å². The van der Waals surface area contributed by atoms with Crippen LogP contribution in [0.1, 0.15) is 17.9 Å². The van der Waals surface area contributed by atoms with Crippen molar-refractivity contribution in [3.05, 3.63) is 28.8 Å². The molecule has 1 aliphatic rings. The van der Waals surface area contributed by atoms with Crippen LogP contribution >= 0.6 is 23.4 Å². The lowest BCUT2D eigenvalue weighted by Crippen LogP contribution is -2.08. The largest absolute Gasteiger partial charge is 0.316 e. The molecule has 1 fully saturated rings. The molecule has 0 radical (unpaired) electrons. The average molecular weight is 228 g/mol. The van der Waals surface area contributed by atoms with Gasteiger partial charge in [0.25, 0.3) is 0 Å². The first-order chi connectivity index (χ1) is 6.83. The van der Waals surface area contributed by atoms with Crippen LogP contribution in [-0.2, 0) is 0 Å². The van der Waals surface area contributed by atoms with Gasteiger partial charge in [-0.05, 0) is 36.9 Å². The molecule has 1 saturated heterocycles. The lowest BCUT2D eigenvalue weighted by Gasteiger charge is -2.14. The highest BCUT2D eigenvalue weighted by atomic mass is 35.5. The molecule has 14 heavy (non-hydrogen) atoms. The smallest absolute Gasteiger partial charge is 0.0452 e. The van der Waals surface area contributed by atoms with E-state index in [4.69, 9.17) is 11.6 Å². The van der Waals surface area contributed by atoms with Crippen LogP contribution < -0.4 is 5.32 Å². The summed E-state index contributed by atoms with van der Waals surface area (Å²) in [4.78, 5) is 1.33. The molecule has 1 nitrogen and oxygen atoms in total. The highest BCUT2D eigenvalue weighted by Crippen LogP contribution is 2.35. The van der Waals surface area contributed by atoms with E-state index in [2.05, 4.69) is 17.6 Å². The predicted octanol–water partition coefficient (Wildman–Crippen LogP) is 3.14. The number of benzene rings is 1. The van der Waals surface area contributed by atoms with Crippen LogP contribution in [0, 0.1) is 0 Å². The molecule has 1 atom stereocenters. The number of rotatable bonds is 2. The summed E-state index contributed by atoms with van der Waals surface area (Å²) >= 11 is 8.03. The van der Waals surface area contributed by atoms with E-state index < -0.39 is 0 Å². The fraction of sp³-hybridized carbons (Fsp3) is 0.455. The quantitative estimate of drug-likeness (QED) is 0.780. The first kappa shape index (κ1) is 10.3. The first-order valence-electron chi connectivity index (χ1n) is 4.86. The van der Waals surface area contributed by atoms with E-state index in [9.17, 15) is 0 Å². The Bertz CT molecular complexity index is 321. The van der Waals surface area contributed by atoms with Crippen LogP contribution in [0.3, 0.4) is 0 Å². The topological polar surface area (TPSA) is 12.0 Å². The second-order valence-electron chi connectivity index (χ2n) is 3.55. The molecular formula is C11H14ClNS. The van der Waals surface area contributed by atoms with E-state index in [-0.39, 0.29) is 0 Å². The molecule has 0 spiro atoms. The molecule has 0 aromatic heterocycles. The van der Waals surface area contributed by atoms with Gasteiger partial charge in [-0.2, -0.15) is 0 Å². The summed E-state index contributed by atoms with van der Waals surface area (Å²) in [7, 11) is 0. The molecule has 3 heteroatoms. The maximum atomic E-state index is 6.25. The Balaban J connectivity index is 2.37. The maximum Gasteiger partial charge on any atom is 0.0452 e. The minimum absolute atomic E-state index is 0.603. The average Bonchev–Trinajstić information content (AvgIpc) is 2.70. The third kappa shape index (κ3) is 1.92. The number of hydrogen-bond acceptors (Lipinski definition) is 2. The lowest BCUT2D eigenvalue weighted by molar-refractivity contribution is 0.748. The van der Waals surface area contributed by atoms with Crippen molar-refractivity contribution < 1.29 is 0 Å². The normalized spacial score (nSPS) is 21.4.